The highest BCUT2D eigenvalue weighted by Gasteiger charge is 2.44. The molecular weight excluding hydrogens is 536 g/mol. The van der Waals surface area contributed by atoms with Crippen LogP contribution in [-0.4, -0.2) is 59.9 Å². The van der Waals surface area contributed by atoms with Crippen molar-refractivity contribution in [3.63, 3.8) is 0 Å². The largest absolute Gasteiger partial charge is 0.416 e. The molecule has 5 rings (SSSR count). The molecule has 216 valence electrons. The summed E-state index contributed by atoms with van der Waals surface area (Å²) in [6.45, 7) is 2.50. The lowest BCUT2D eigenvalue weighted by molar-refractivity contribution is -0.143. The van der Waals surface area contributed by atoms with Gasteiger partial charge in [-0.3, -0.25) is 9.59 Å². The number of hydrogen-bond donors (Lipinski definition) is 1. The van der Waals surface area contributed by atoms with Gasteiger partial charge >= 0.3 is 12.4 Å². The van der Waals surface area contributed by atoms with Crippen LogP contribution in [0.1, 0.15) is 59.2 Å². The summed E-state index contributed by atoms with van der Waals surface area (Å²) >= 11 is 0. The first-order valence-corrected chi connectivity index (χ1v) is 13.5. The maximum absolute atomic E-state index is 13.6. The van der Waals surface area contributed by atoms with E-state index in [-0.39, 0.29) is 30.0 Å². The molecule has 3 aliphatic heterocycles. The van der Waals surface area contributed by atoms with E-state index < -0.39 is 41.0 Å². The van der Waals surface area contributed by atoms with Crippen LogP contribution in [-0.2, 0) is 23.6 Å². The van der Waals surface area contributed by atoms with Crippen molar-refractivity contribution in [2.45, 2.75) is 63.0 Å². The smallest absolute Gasteiger partial charge is 0.356 e. The van der Waals surface area contributed by atoms with E-state index in [0.29, 0.717) is 44.4 Å². The van der Waals surface area contributed by atoms with Crippen molar-refractivity contribution < 1.29 is 35.9 Å². The lowest BCUT2D eigenvalue weighted by Crippen LogP contribution is -2.55. The lowest BCUT2D eigenvalue weighted by Gasteiger charge is -2.47. The summed E-state index contributed by atoms with van der Waals surface area (Å²) in [5, 5.41) is 2.93. The second-order valence-electron chi connectivity index (χ2n) is 11.3. The Hall–Kier alpha value is -3.08. The molecule has 2 aromatic carbocycles. The van der Waals surface area contributed by atoms with Gasteiger partial charge in [0, 0.05) is 37.2 Å². The molecule has 3 aliphatic rings. The first kappa shape index (κ1) is 28.4. The molecule has 3 fully saturated rings. The fourth-order valence-corrected chi connectivity index (χ4v) is 6.42. The summed E-state index contributed by atoms with van der Waals surface area (Å²) in [6.07, 6.45) is -6.24. The van der Waals surface area contributed by atoms with Crippen molar-refractivity contribution in [1.82, 2.24) is 15.1 Å². The average Bonchev–Trinajstić information content (AvgIpc) is 3.27. The molecule has 3 heterocycles. The van der Waals surface area contributed by atoms with Crippen molar-refractivity contribution >= 4 is 11.8 Å². The van der Waals surface area contributed by atoms with Crippen LogP contribution in [0, 0.1) is 5.41 Å². The Labute approximate surface area is 228 Å². The van der Waals surface area contributed by atoms with E-state index in [4.69, 9.17) is 0 Å². The molecule has 0 bridgehead atoms. The second-order valence-corrected chi connectivity index (χ2v) is 11.3. The number of halogens is 6. The molecule has 0 saturated carbocycles. The van der Waals surface area contributed by atoms with Gasteiger partial charge in [-0.15, -0.1) is 0 Å². The quantitative estimate of drug-likeness (QED) is 0.494. The van der Waals surface area contributed by atoms with Crippen molar-refractivity contribution in [2.75, 3.05) is 26.2 Å². The van der Waals surface area contributed by atoms with Gasteiger partial charge in [0.05, 0.1) is 11.1 Å². The second kappa shape index (κ2) is 10.7. The Morgan fingerprint density at radius 1 is 0.925 bits per heavy atom. The molecule has 11 heteroatoms. The molecule has 2 atom stereocenters. The van der Waals surface area contributed by atoms with Crippen molar-refractivity contribution in [1.29, 1.82) is 0 Å². The van der Waals surface area contributed by atoms with E-state index in [1.165, 1.54) is 4.90 Å². The number of hydrogen-bond acceptors (Lipinski definition) is 3. The molecule has 1 spiro atoms. The fourth-order valence-electron chi connectivity index (χ4n) is 6.42. The van der Waals surface area contributed by atoms with Gasteiger partial charge in [-0.25, -0.2) is 0 Å². The van der Waals surface area contributed by atoms with Gasteiger partial charge in [0.25, 0.3) is 5.91 Å². The average molecular weight is 568 g/mol. The van der Waals surface area contributed by atoms with E-state index in [0.717, 1.165) is 31.5 Å². The summed E-state index contributed by atoms with van der Waals surface area (Å²) in [7, 11) is 0. The first-order chi connectivity index (χ1) is 18.8. The monoisotopic (exact) mass is 567 g/mol. The molecule has 40 heavy (non-hydrogen) atoms. The summed E-state index contributed by atoms with van der Waals surface area (Å²) in [5.41, 5.74) is -2.70. The van der Waals surface area contributed by atoms with Crippen LogP contribution in [0.5, 0.6) is 0 Å². The van der Waals surface area contributed by atoms with Crippen LogP contribution in [0.4, 0.5) is 26.3 Å². The Balaban J connectivity index is 1.38. The lowest BCUT2D eigenvalue weighted by atomic mass is 9.77. The summed E-state index contributed by atoms with van der Waals surface area (Å²) < 4.78 is 80.8. The van der Waals surface area contributed by atoms with Crippen LogP contribution < -0.4 is 5.32 Å². The number of carbonyl (C=O) groups excluding carboxylic acids is 2. The zero-order chi connectivity index (χ0) is 28.7. The number of nitrogens with zero attached hydrogens (tertiary/aromatic N) is 2. The summed E-state index contributed by atoms with van der Waals surface area (Å²) in [6, 6.07) is 10.1. The third-order valence-electron chi connectivity index (χ3n) is 8.67. The third kappa shape index (κ3) is 6.14. The zero-order valence-electron chi connectivity index (χ0n) is 21.8. The Morgan fingerprint density at radius 2 is 1.55 bits per heavy atom. The van der Waals surface area contributed by atoms with Gasteiger partial charge in [-0.05, 0) is 74.4 Å². The van der Waals surface area contributed by atoms with E-state index in [9.17, 15) is 35.9 Å². The Kier molecular flexibility index (Phi) is 7.62. The highest BCUT2D eigenvalue weighted by molar-refractivity contribution is 5.95. The summed E-state index contributed by atoms with van der Waals surface area (Å²) in [4.78, 5) is 29.2. The van der Waals surface area contributed by atoms with E-state index in [1.807, 2.05) is 30.3 Å². The fraction of sp³-hybridized carbons (Fsp3) is 0.517. The highest BCUT2D eigenvalue weighted by Crippen LogP contribution is 2.40. The van der Waals surface area contributed by atoms with Crippen LogP contribution in [0.3, 0.4) is 0 Å². The molecule has 0 aliphatic carbocycles. The number of carbonyl (C=O) groups is 2. The maximum Gasteiger partial charge on any atom is 0.416 e. The van der Waals surface area contributed by atoms with Crippen LogP contribution in [0.25, 0.3) is 0 Å². The zero-order valence-corrected chi connectivity index (χ0v) is 21.8. The Bertz CT molecular complexity index is 1210. The van der Waals surface area contributed by atoms with Gasteiger partial charge in [0.2, 0.25) is 5.91 Å². The molecule has 5 nitrogen and oxygen atoms in total. The third-order valence-corrected chi connectivity index (χ3v) is 8.67. The predicted molar refractivity (Wildman–Crippen MR) is 135 cm³/mol. The van der Waals surface area contributed by atoms with Crippen molar-refractivity contribution in [3.05, 3.63) is 70.8 Å². The van der Waals surface area contributed by atoms with Gasteiger partial charge in [0.1, 0.15) is 0 Å². The number of likely N-dealkylation sites (tertiary alicyclic amines) is 2. The number of alkyl halides is 6. The predicted octanol–water partition coefficient (Wildman–Crippen LogP) is 5.54. The molecule has 2 aromatic rings. The molecule has 3 saturated heterocycles. The standard InChI is InChI=1S/C29H31F6N3O2/c30-28(31,32)21-13-20(14-22(15-21)29(33,34)35)26(40)38-9-6-23(16-24(38)12-19-4-2-1-3-5-19)37-10-7-27(8-11-37)17-25(39)36-18-27/h1-5,13-15,23-24H,6-12,16-18H2,(H,36,39). The highest BCUT2D eigenvalue weighted by atomic mass is 19.4. The maximum atomic E-state index is 13.6. The first-order valence-electron chi connectivity index (χ1n) is 13.5. The molecular formula is C29H31F6N3O2. The number of nitrogens with one attached hydrogen (secondary N) is 1. The number of piperidine rings is 2. The SMILES string of the molecule is O=C1CC2(CCN(C3CCN(C(=O)c4cc(C(F)(F)F)cc(C(F)(F)F)c4)C(Cc4ccccc4)C3)CC2)CN1. The molecule has 1 N–H and O–H groups in total. The van der Waals surface area contributed by atoms with Gasteiger partial charge in [-0.1, -0.05) is 30.3 Å². The molecule has 2 unspecified atom stereocenters. The summed E-state index contributed by atoms with van der Waals surface area (Å²) in [5.74, 6) is -0.754. The number of benzene rings is 2. The van der Waals surface area contributed by atoms with Crippen LogP contribution in [0.15, 0.2) is 48.5 Å². The minimum Gasteiger partial charge on any atom is -0.356 e. The topological polar surface area (TPSA) is 52.7 Å². The minimum atomic E-state index is -5.03. The van der Waals surface area contributed by atoms with Gasteiger partial charge < -0.3 is 15.1 Å². The van der Waals surface area contributed by atoms with Gasteiger partial charge in [0.15, 0.2) is 0 Å². The molecule has 0 radical (unpaired) electrons. The number of amides is 2. The molecule has 2 amide bonds. The van der Waals surface area contributed by atoms with Crippen LogP contribution >= 0.6 is 0 Å². The van der Waals surface area contributed by atoms with Crippen LogP contribution in [0.2, 0.25) is 0 Å². The Morgan fingerprint density at radius 3 is 2.10 bits per heavy atom. The van der Waals surface area contributed by atoms with Crippen molar-refractivity contribution in [3.8, 4) is 0 Å². The van der Waals surface area contributed by atoms with Gasteiger partial charge in [-0.2, -0.15) is 26.3 Å². The van der Waals surface area contributed by atoms with E-state index in [2.05, 4.69) is 10.2 Å². The minimum absolute atomic E-state index is 0.0205. The number of rotatable bonds is 4. The normalized spacial score (nSPS) is 23.9. The van der Waals surface area contributed by atoms with Crippen molar-refractivity contribution in [2.24, 2.45) is 5.41 Å². The van der Waals surface area contributed by atoms with E-state index in [1.54, 1.807) is 0 Å². The van der Waals surface area contributed by atoms with E-state index >= 15 is 0 Å². The molecule has 0 aromatic heterocycles.